The molecule has 0 amide bonds. The Morgan fingerprint density at radius 2 is 1.00 bits per heavy atom. The van der Waals surface area contributed by atoms with Gasteiger partial charge >= 0.3 is 0 Å². The van der Waals surface area contributed by atoms with Crippen LogP contribution >= 0.6 is 0 Å². The summed E-state index contributed by atoms with van der Waals surface area (Å²) in [6, 6.07) is 8.99. The van der Waals surface area contributed by atoms with Crippen LogP contribution in [0.1, 0.15) is 115 Å². The van der Waals surface area contributed by atoms with Crippen molar-refractivity contribution in [1.82, 2.24) is 0 Å². The highest BCUT2D eigenvalue weighted by molar-refractivity contribution is 5.26. The van der Waals surface area contributed by atoms with Crippen LogP contribution in [0.3, 0.4) is 0 Å². The van der Waals surface area contributed by atoms with Crippen molar-refractivity contribution in [2.24, 2.45) is 0 Å². The van der Waals surface area contributed by atoms with Crippen molar-refractivity contribution in [1.29, 1.82) is 0 Å². The summed E-state index contributed by atoms with van der Waals surface area (Å²) in [5.41, 5.74) is 3.06. The SMILES string of the molecule is CCCCCCCCCCCCCCCC[N+](C)(C)Cc1ccccc1CC.[Cl-]. The molecule has 0 heterocycles. The molecule has 1 nitrogen and oxygen atoms in total. The highest BCUT2D eigenvalue weighted by atomic mass is 35.5. The highest BCUT2D eigenvalue weighted by Gasteiger charge is 2.16. The highest BCUT2D eigenvalue weighted by Crippen LogP contribution is 2.17. The smallest absolute Gasteiger partial charge is 0.104 e. The van der Waals surface area contributed by atoms with Gasteiger partial charge in [0.15, 0.2) is 0 Å². The van der Waals surface area contributed by atoms with Crippen molar-refractivity contribution < 1.29 is 16.9 Å². The van der Waals surface area contributed by atoms with Gasteiger partial charge < -0.3 is 16.9 Å². The van der Waals surface area contributed by atoms with Crippen LogP contribution in [-0.4, -0.2) is 25.1 Å². The van der Waals surface area contributed by atoms with Crippen LogP contribution in [0.4, 0.5) is 0 Å². The molecule has 0 bridgehead atoms. The maximum absolute atomic E-state index is 2.40. The van der Waals surface area contributed by atoms with E-state index in [1.54, 1.807) is 5.56 Å². The Morgan fingerprint density at radius 1 is 0.586 bits per heavy atom. The molecule has 0 saturated carbocycles. The van der Waals surface area contributed by atoms with Crippen LogP contribution in [0, 0.1) is 0 Å². The van der Waals surface area contributed by atoms with Crippen LogP contribution in [0.2, 0.25) is 0 Å². The van der Waals surface area contributed by atoms with Crippen LogP contribution in [-0.2, 0) is 13.0 Å². The fourth-order valence-electron chi connectivity index (χ4n) is 4.33. The molecule has 0 aliphatic heterocycles. The van der Waals surface area contributed by atoms with Gasteiger partial charge in [-0.25, -0.2) is 0 Å². The molecule has 0 N–H and O–H groups in total. The molecular weight excluding hydrogens is 374 g/mol. The zero-order valence-electron chi connectivity index (χ0n) is 20.2. The number of aryl methyl sites for hydroxylation is 1. The Bertz CT molecular complexity index is 483. The van der Waals surface area contributed by atoms with Crippen molar-refractivity contribution in [3.05, 3.63) is 35.4 Å². The van der Waals surface area contributed by atoms with Gasteiger partial charge in [-0.15, -0.1) is 0 Å². The fourth-order valence-corrected chi connectivity index (χ4v) is 4.33. The number of nitrogens with zero attached hydrogens (tertiary/aromatic N) is 1. The zero-order chi connectivity index (χ0) is 20.5. The van der Waals surface area contributed by atoms with Crippen LogP contribution in [0.15, 0.2) is 24.3 Å². The summed E-state index contributed by atoms with van der Waals surface area (Å²) in [4.78, 5) is 0. The molecule has 2 heteroatoms. The fraction of sp³-hybridized carbons (Fsp3) is 0.778. The molecule has 0 aromatic heterocycles. The van der Waals surface area contributed by atoms with Gasteiger partial charge in [0.05, 0.1) is 20.6 Å². The van der Waals surface area contributed by atoms with Gasteiger partial charge in [0, 0.05) is 5.56 Å². The van der Waals surface area contributed by atoms with Crippen molar-refractivity contribution in [2.45, 2.75) is 117 Å². The van der Waals surface area contributed by atoms with Crippen molar-refractivity contribution >= 4 is 0 Å². The Hall–Kier alpha value is -0.530. The van der Waals surface area contributed by atoms with Crippen molar-refractivity contribution in [3.8, 4) is 0 Å². The second-order valence-corrected chi connectivity index (χ2v) is 9.54. The number of hydrogen-bond donors (Lipinski definition) is 0. The second kappa shape index (κ2) is 18.3. The lowest BCUT2D eigenvalue weighted by Gasteiger charge is -2.30. The first-order valence-corrected chi connectivity index (χ1v) is 12.5. The summed E-state index contributed by atoms with van der Waals surface area (Å²) in [5.74, 6) is 0. The molecule has 1 rings (SSSR count). The summed E-state index contributed by atoms with van der Waals surface area (Å²) >= 11 is 0. The topological polar surface area (TPSA) is 0 Å². The Morgan fingerprint density at radius 3 is 1.45 bits per heavy atom. The lowest BCUT2D eigenvalue weighted by molar-refractivity contribution is -0.903. The maximum atomic E-state index is 2.40. The van der Waals surface area contributed by atoms with Gasteiger partial charge in [-0.3, -0.25) is 0 Å². The predicted molar refractivity (Wildman–Crippen MR) is 127 cm³/mol. The molecule has 1 aromatic rings. The molecule has 0 radical (unpaired) electrons. The summed E-state index contributed by atoms with van der Waals surface area (Å²) in [6.45, 7) is 7.04. The minimum absolute atomic E-state index is 0. The van der Waals surface area contributed by atoms with Crippen molar-refractivity contribution in [2.75, 3.05) is 20.6 Å². The number of unbranched alkanes of at least 4 members (excludes halogenated alkanes) is 13. The average Bonchev–Trinajstić information content (AvgIpc) is 2.68. The van der Waals surface area contributed by atoms with E-state index in [-0.39, 0.29) is 12.4 Å². The van der Waals surface area contributed by atoms with Gasteiger partial charge in [-0.1, -0.05) is 115 Å². The molecule has 0 saturated heterocycles. The summed E-state index contributed by atoms with van der Waals surface area (Å²) in [7, 11) is 4.80. The van der Waals surface area contributed by atoms with E-state index in [9.17, 15) is 0 Å². The Kier molecular flexibility index (Phi) is 17.9. The molecule has 29 heavy (non-hydrogen) atoms. The van der Waals surface area contributed by atoms with E-state index in [1.807, 2.05) is 0 Å². The van der Waals surface area contributed by atoms with Gasteiger partial charge in [0.25, 0.3) is 0 Å². The van der Waals surface area contributed by atoms with E-state index in [4.69, 9.17) is 0 Å². The van der Waals surface area contributed by atoms with E-state index < -0.39 is 0 Å². The Labute approximate surface area is 189 Å². The molecule has 0 atom stereocenters. The molecule has 0 unspecified atom stereocenters. The number of hydrogen-bond acceptors (Lipinski definition) is 0. The third-order valence-electron chi connectivity index (χ3n) is 6.21. The predicted octanol–water partition coefficient (Wildman–Crippen LogP) is 5.31. The number of halogens is 1. The lowest BCUT2D eigenvalue weighted by atomic mass is 10.0. The third kappa shape index (κ3) is 15.0. The summed E-state index contributed by atoms with van der Waals surface area (Å²) in [5, 5.41) is 0. The largest absolute Gasteiger partial charge is 1.00 e. The first kappa shape index (κ1) is 28.5. The molecule has 170 valence electrons. The van der Waals surface area contributed by atoms with Crippen LogP contribution < -0.4 is 12.4 Å². The monoisotopic (exact) mass is 423 g/mol. The first-order valence-electron chi connectivity index (χ1n) is 12.5. The molecule has 0 aliphatic carbocycles. The zero-order valence-corrected chi connectivity index (χ0v) is 20.9. The second-order valence-electron chi connectivity index (χ2n) is 9.54. The number of quaternary nitrogens is 1. The van der Waals surface area contributed by atoms with Crippen molar-refractivity contribution in [3.63, 3.8) is 0 Å². The standard InChI is InChI=1S/C27H50N.ClH/c1-5-7-8-9-10-11-12-13-14-15-16-17-18-21-24-28(3,4)25-27-23-20-19-22-26(27)6-2;/h19-20,22-23H,5-18,21,24-25H2,1-4H3;1H/q+1;/p-1. The van der Waals surface area contributed by atoms with Gasteiger partial charge in [-0.05, 0) is 24.8 Å². The van der Waals surface area contributed by atoms with Gasteiger partial charge in [-0.2, -0.15) is 0 Å². The third-order valence-corrected chi connectivity index (χ3v) is 6.21. The van der Waals surface area contributed by atoms with Gasteiger partial charge in [0.1, 0.15) is 6.54 Å². The first-order chi connectivity index (χ1) is 13.6. The van der Waals surface area contributed by atoms with E-state index in [2.05, 4.69) is 52.2 Å². The molecule has 1 aromatic carbocycles. The molecule has 0 fully saturated rings. The molecule has 0 spiro atoms. The lowest BCUT2D eigenvalue weighted by Crippen LogP contribution is -3.00. The minimum atomic E-state index is 0. The number of rotatable bonds is 18. The van der Waals surface area contributed by atoms with E-state index in [1.165, 1.54) is 109 Å². The number of benzene rings is 1. The van der Waals surface area contributed by atoms with Crippen LogP contribution in [0.25, 0.3) is 0 Å². The van der Waals surface area contributed by atoms with E-state index in [0.717, 1.165) is 10.9 Å². The van der Waals surface area contributed by atoms with E-state index >= 15 is 0 Å². The quantitative estimate of drug-likeness (QED) is 0.221. The van der Waals surface area contributed by atoms with Crippen LogP contribution in [0.5, 0.6) is 0 Å². The minimum Gasteiger partial charge on any atom is -1.00 e. The normalized spacial score (nSPS) is 11.4. The molecule has 0 aliphatic rings. The average molecular weight is 424 g/mol. The summed E-state index contributed by atoms with van der Waals surface area (Å²) in [6.07, 6.45) is 21.3. The Balaban J connectivity index is 0.00000784. The summed E-state index contributed by atoms with van der Waals surface area (Å²) < 4.78 is 1.12. The van der Waals surface area contributed by atoms with Gasteiger partial charge in [0.2, 0.25) is 0 Å². The molecular formula is C27H50ClN. The van der Waals surface area contributed by atoms with E-state index in [0.29, 0.717) is 0 Å². The maximum Gasteiger partial charge on any atom is 0.104 e.